The van der Waals surface area contributed by atoms with Gasteiger partial charge in [-0.2, -0.15) is 0 Å². The van der Waals surface area contributed by atoms with E-state index in [4.69, 9.17) is 4.42 Å². The molecule has 126 valence electrons. The van der Waals surface area contributed by atoms with Crippen molar-refractivity contribution in [2.24, 2.45) is 0 Å². The Morgan fingerprint density at radius 3 is 2.58 bits per heavy atom. The Hall–Kier alpha value is -2.67. The van der Waals surface area contributed by atoms with Crippen LogP contribution in [0.4, 0.5) is 5.69 Å². The summed E-state index contributed by atoms with van der Waals surface area (Å²) in [7, 11) is 0. The SMILES string of the molecule is Cc1c(C(=O)N2CCN(Cc3ccco3)CC2)cccc1[N+](=O)[O-]. The van der Waals surface area contributed by atoms with Crippen molar-refractivity contribution in [2.75, 3.05) is 26.2 Å². The third-order valence-corrected chi connectivity index (χ3v) is 4.35. The summed E-state index contributed by atoms with van der Waals surface area (Å²) in [4.78, 5) is 27.2. The fraction of sp³-hybridized carbons (Fsp3) is 0.353. The van der Waals surface area contributed by atoms with Crippen LogP contribution in [0.25, 0.3) is 0 Å². The smallest absolute Gasteiger partial charge is 0.273 e. The lowest BCUT2D eigenvalue weighted by Gasteiger charge is -2.34. The fourth-order valence-electron chi connectivity index (χ4n) is 2.96. The van der Waals surface area contributed by atoms with Crippen molar-refractivity contribution in [3.05, 3.63) is 63.6 Å². The summed E-state index contributed by atoms with van der Waals surface area (Å²) in [6.07, 6.45) is 1.65. The highest BCUT2D eigenvalue weighted by Gasteiger charge is 2.25. The first-order valence-corrected chi connectivity index (χ1v) is 7.84. The summed E-state index contributed by atoms with van der Waals surface area (Å²) >= 11 is 0. The normalized spacial score (nSPS) is 15.5. The Morgan fingerprint density at radius 2 is 1.96 bits per heavy atom. The molecule has 0 unspecified atom stereocenters. The van der Waals surface area contributed by atoms with E-state index in [1.165, 1.54) is 6.07 Å². The lowest BCUT2D eigenvalue weighted by molar-refractivity contribution is -0.385. The predicted molar refractivity (Wildman–Crippen MR) is 87.7 cm³/mol. The number of amides is 1. The summed E-state index contributed by atoms with van der Waals surface area (Å²) in [5.41, 5.74) is 0.812. The van der Waals surface area contributed by atoms with Crippen LogP contribution in [0.3, 0.4) is 0 Å². The van der Waals surface area contributed by atoms with E-state index in [1.54, 1.807) is 30.2 Å². The Bertz CT molecular complexity index is 734. The van der Waals surface area contributed by atoms with E-state index in [0.29, 0.717) is 24.2 Å². The molecule has 1 fully saturated rings. The molecule has 2 aromatic rings. The number of rotatable bonds is 4. The van der Waals surface area contributed by atoms with E-state index in [2.05, 4.69) is 4.90 Å². The van der Waals surface area contributed by atoms with Gasteiger partial charge in [0.15, 0.2) is 0 Å². The molecule has 0 atom stereocenters. The summed E-state index contributed by atoms with van der Waals surface area (Å²) in [6.45, 7) is 5.05. The number of hydrogen-bond donors (Lipinski definition) is 0. The molecule has 1 aliphatic rings. The van der Waals surface area contributed by atoms with Crippen LogP contribution in [0.2, 0.25) is 0 Å². The standard InChI is InChI=1S/C17H19N3O4/c1-13-15(5-2-6-16(13)20(22)23)17(21)19-9-7-18(8-10-19)12-14-4-3-11-24-14/h2-6,11H,7-10,12H2,1H3. The van der Waals surface area contributed by atoms with Crippen molar-refractivity contribution in [1.82, 2.24) is 9.80 Å². The van der Waals surface area contributed by atoms with Gasteiger partial charge in [-0.25, -0.2) is 0 Å². The van der Waals surface area contributed by atoms with Crippen LogP contribution >= 0.6 is 0 Å². The topological polar surface area (TPSA) is 79.8 Å². The highest BCUT2D eigenvalue weighted by molar-refractivity contribution is 5.96. The minimum atomic E-state index is -0.451. The monoisotopic (exact) mass is 329 g/mol. The molecule has 0 saturated carbocycles. The average molecular weight is 329 g/mol. The third-order valence-electron chi connectivity index (χ3n) is 4.35. The molecule has 0 bridgehead atoms. The number of piperazine rings is 1. The van der Waals surface area contributed by atoms with Gasteiger partial charge in [-0.1, -0.05) is 6.07 Å². The first kappa shape index (κ1) is 16.2. The molecule has 24 heavy (non-hydrogen) atoms. The maximum atomic E-state index is 12.7. The molecule has 1 saturated heterocycles. The molecule has 0 radical (unpaired) electrons. The molecule has 1 aromatic carbocycles. The molecule has 1 aliphatic heterocycles. The van der Waals surface area contributed by atoms with E-state index in [9.17, 15) is 14.9 Å². The summed E-state index contributed by atoms with van der Waals surface area (Å²) in [5.74, 6) is 0.762. The van der Waals surface area contributed by atoms with Gasteiger partial charge < -0.3 is 9.32 Å². The molecule has 0 aliphatic carbocycles. The van der Waals surface area contributed by atoms with Gasteiger partial charge >= 0.3 is 0 Å². The molecule has 0 spiro atoms. The van der Waals surface area contributed by atoms with Gasteiger partial charge in [-0.05, 0) is 25.1 Å². The van der Waals surface area contributed by atoms with Crippen molar-refractivity contribution < 1.29 is 14.1 Å². The highest BCUT2D eigenvalue weighted by atomic mass is 16.6. The van der Waals surface area contributed by atoms with E-state index in [-0.39, 0.29) is 11.6 Å². The lowest BCUT2D eigenvalue weighted by Crippen LogP contribution is -2.48. The molecule has 3 rings (SSSR count). The first-order chi connectivity index (χ1) is 11.6. The maximum absolute atomic E-state index is 12.7. The minimum absolute atomic E-state index is 0.0164. The molecule has 1 amide bonds. The molecule has 7 nitrogen and oxygen atoms in total. The van der Waals surface area contributed by atoms with Crippen LogP contribution < -0.4 is 0 Å². The highest BCUT2D eigenvalue weighted by Crippen LogP contribution is 2.23. The fourth-order valence-corrected chi connectivity index (χ4v) is 2.96. The van der Waals surface area contributed by atoms with Crippen LogP contribution in [0.15, 0.2) is 41.0 Å². The largest absolute Gasteiger partial charge is 0.468 e. The van der Waals surface area contributed by atoms with Crippen molar-refractivity contribution in [2.45, 2.75) is 13.5 Å². The summed E-state index contributed by atoms with van der Waals surface area (Å²) < 4.78 is 5.35. The van der Waals surface area contributed by atoms with E-state index in [0.717, 1.165) is 25.4 Å². The van der Waals surface area contributed by atoms with E-state index in [1.807, 2.05) is 12.1 Å². The molecular weight excluding hydrogens is 310 g/mol. The molecule has 2 heterocycles. The van der Waals surface area contributed by atoms with Gasteiger partial charge in [-0.3, -0.25) is 19.8 Å². The zero-order valence-corrected chi connectivity index (χ0v) is 13.5. The number of nitro benzene ring substituents is 1. The van der Waals surface area contributed by atoms with Crippen molar-refractivity contribution >= 4 is 11.6 Å². The Kier molecular flexibility index (Phi) is 4.61. The second-order valence-corrected chi connectivity index (χ2v) is 5.85. The number of hydrogen-bond acceptors (Lipinski definition) is 5. The van der Waals surface area contributed by atoms with Gasteiger partial charge in [0, 0.05) is 43.4 Å². The van der Waals surface area contributed by atoms with Gasteiger partial charge in [0.1, 0.15) is 5.76 Å². The Labute approximate surface area is 139 Å². The number of nitro groups is 1. The van der Waals surface area contributed by atoms with Gasteiger partial charge in [0.2, 0.25) is 0 Å². The van der Waals surface area contributed by atoms with Crippen molar-refractivity contribution in [1.29, 1.82) is 0 Å². The number of carbonyl (C=O) groups is 1. The molecule has 1 aromatic heterocycles. The van der Waals surface area contributed by atoms with Crippen molar-refractivity contribution in [3.63, 3.8) is 0 Å². The maximum Gasteiger partial charge on any atom is 0.273 e. The first-order valence-electron chi connectivity index (χ1n) is 7.84. The minimum Gasteiger partial charge on any atom is -0.468 e. The predicted octanol–water partition coefficient (Wildman–Crippen LogP) is 2.45. The number of benzene rings is 1. The van der Waals surface area contributed by atoms with E-state index < -0.39 is 4.92 Å². The number of carbonyl (C=O) groups excluding carboxylic acids is 1. The zero-order chi connectivity index (χ0) is 17.1. The molecule has 0 N–H and O–H groups in total. The van der Waals surface area contributed by atoms with E-state index >= 15 is 0 Å². The number of nitrogens with zero attached hydrogens (tertiary/aromatic N) is 3. The average Bonchev–Trinajstić information content (AvgIpc) is 3.08. The second kappa shape index (κ2) is 6.84. The lowest BCUT2D eigenvalue weighted by atomic mass is 10.1. The second-order valence-electron chi connectivity index (χ2n) is 5.85. The molecule has 7 heteroatoms. The van der Waals surface area contributed by atoms with Gasteiger partial charge in [-0.15, -0.1) is 0 Å². The molecular formula is C17H19N3O4. The summed E-state index contributed by atoms with van der Waals surface area (Å²) in [6, 6.07) is 8.43. The Balaban J connectivity index is 1.65. The van der Waals surface area contributed by atoms with Crippen LogP contribution in [-0.2, 0) is 6.54 Å². The van der Waals surface area contributed by atoms with Crippen molar-refractivity contribution in [3.8, 4) is 0 Å². The van der Waals surface area contributed by atoms with Gasteiger partial charge in [0.25, 0.3) is 11.6 Å². The van der Waals surface area contributed by atoms with Gasteiger partial charge in [0.05, 0.1) is 17.7 Å². The number of furan rings is 1. The van der Waals surface area contributed by atoms with Crippen LogP contribution in [0, 0.1) is 17.0 Å². The van der Waals surface area contributed by atoms with Crippen LogP contribution in [0.1, 0.15) is 21.7 Å². The van der Waals surface area contributed by atoms with Crippen LogP contribution in [-0.4, -0.2) is 46.8 Å². The van der Waals surface area contributed by atoms with Crippen LogP contribution in [0.5, 0.6) is 0 Å². The zero-order valence-electron chi connectivity index (χ0n) is 13.5. The Morgan fingerprint density at radius 1 is 1.21 bits per heavy atom. The summed E-state index contributed by atoms with van der Waals surface area (Å²) in [5, 5.41) is 11.0. The third kappa shape index (κ3) is 3.30. The quantitative estimate of drug-likeness (QED) is 0.636.